The maximum absolute atomic E-state index is 13.0. The number of fused-ring (bicyclic) bond motifs is 1. The molecule has 1 aliphatic rings. The third-order valence-corrected chi connectivity index (χ3v) is 6.85. The quantitative estimate of drug-likeness (QED) is 0.569. The van der Waals surface area contributed by atoms with E-state index in [2.05, 4.69) is 11.6 Å². The summed E-state index contributed by atoms with van der Waals surface area (Å²) in [5.41, 5.74) is 4.70. The zero-order chi connectivity index (χ0) is 21.0. The minimum Gasteiger partial charge on any atom is -0.477 e. The molecule has 156 valence electrons. The van der Waals surface area contributed by atoms with Gasteiger partial charge in [-0.05, 0) is 43.7 Å². The standard InChI is InChI=1S/C24H26N2O3S/c1-2-19-16-23(21-13-6-8-14-22(21)26-19)29-17-25-30(27,28)24-15-9-7-12-20(24)18-10-4-3-5-11-18/h3-5,7,9-12,15-16,25H,2,6,8,13-14,17H2,1H3. The molecule has 0 unspecified atom stereocenters. The first kappa shape index (κ1) is 20.6. The first-order valence-electron chi connectivity index (χ1n) is 10.4. The number of benzene rings is 2. The van der Waals surface area contributed by atoms with Gasteiger partial charge >= 0.3 is 0 Å². The number of sulfonamides is 1. The molecular formula is C24H26N2O3S. The van der Waals surface area contributed by atoms with Gasteiger partial charge in [0, 0.05) is 28.6 Å². The highest BCUT2D eigenvalue weighted by molar-refractivity contribution is 7.89. The Morgan fingerprint density at radius 3 is 2.53 bits per heavy atom. The van der Waals surface area contributed by atoms with Crippen LogP contribution in [0.25, 0.3) is 11.1 Å². The second kappa shape index (κ2) is 8.98. The van der Waals surface area contributed by atoms with Crippen LogP contribution in [0.2, 0.25) is 0 Å². The SMILES string of the molecule is CCc1cc(OCNS(=O)(=O)c2ccccc2-c2ccccc2)c2c(n1)CCCC2. The van der Waals surface area contributed by atoms with Gasteiger partial charge in [-0.2, -0.15) is 4.72 Å². The predicted molar refractivity (Wildman–Crippen MR) is 118 cm³/mol. The van der Waals surface area contributed by atoms with Crippen molar-refractivity contribution in [2.75, 3.05) is 6.73 Å². The van der Waals surface area contributed by atoms with Gasteiger partial charge in [-0.15, -0.1) is 0 Å². The Labute approximate surface area is 178 Å². The van der Waals surface area contributed by atoms with E-state index in [0.717, 1.165) is 60.4 Å². The Morgan fingerprint density at radius 1 is 1.00 bits per heavy atom. The average Bonchev–Trinajstić information content (AvgIpc) is 2.79. The minimum atomic E-state index is -3.74. The Balaban J connectivity index is 1.54. The van der Waals surface area contributed by atoms with Crippen LogP contribution in [-0.4, -0.2) is 20.1 Å². The highest BCUT2D eigenvalue weighted by Crippen LogP contribution is 2.30. The van der Waals surface area contributed by atoms with Crippen molar-refractivity contribution in [3.8, 4) is 16.9 Å². The largest absolute Gasteiger partial charge is 0.477 e. The van der Waals surface area contributed by atoms with Gasteiger partial charge in [0.1, 0.15) is 5.75 Å². The Bertz CT molecular complexity index is 1130. The fourth-order valence-electron chi connectivity index (χ4n) is 3.85. The third kappa shape index (κ3) is 4.40. The number of hydrogen-bond acceptors (Lipinski definition) is 4. The fourth-order valence-corrected chi connectivity index (χ4v) is 4.95. The first-order valence-corrected chi connectivity index (χ1v) is 11.9. The van der Waals surface area contributed by atoms with Crippen LogP contribution in [0.15, 0.2) is 65.6 Å². The molecule has 1 aromatic heterocycles. The summed E-state index contributed by atoms with van der Waals surface area (Å²) >= 11 is 0. The summed E-state index contributed by atoms with van der Waals surface area (Å²) < 4.78 is 34.6. The van der Waals surface area contributed by atoms with E-state index in [1.807, 2.05) is 48.5 Å². The molecule has 0 bridgehead atoms. The Kier molecular flexibility index (Phi) is 6.16. The summed E-state index contributed by atoms with van der Waals surface area (Å²) in [6.45, 7) is 1.94. The number of rotatable bonds is 7. The Hall–Kier alpha value is -2.70. The molecule has 0 fully saturated rings. The van der Waals surface area contributed by atoms with Crippen LogP contribution in [0.1, 0.15) is 36.7 Å². The molecule has 0 saturated heterocycles. The lowest BCUT2D eigenvalue weighted by atomic mass is 9.94. The number of aryl methyl sites for hydroxylation is 2. The van der Waals surface area contributed by atoms with Crippen LogP contribution in [0, 0.1) is 0 Å². The van der Waals surface area contributed by atoms with E-state index in [0.29, 0.717) is 5.56 Å². The molecule has 30 heavy (non-hydrogen) atoms. The van der Waals surface area contributed by atoms with Crippen LogP contribution < -0.4 is 9.46 Å². The third-order valence-electron chi connectivity index (χ3n) is 5.41. The van der Waals surface area contributed by atoms with Crippen molar-refractivity contribution in [2.24, 2.45) is 0 Å². The van der Waals surface area contributed by atoms with Crippen molar-refractivity contribution in [3.05, 3.63) is 77.6 Å². The van der Waals surface area contributed by atoms with Crippen LogP contribution in [-0.2, 0) is 29.3 Å². The molecule has 0 saturated carbocycles. The molecular weight excluding hydrogens is 396 g/mol. The lowest BCUT2D eigenvalue weighted by molar-refractivity contribution is 0.305. The van der Waals surface area contributed by atoms with Crippen molar-refractivity contribution in [3.63, 3.8) is 0 Å². The first-order chi connectivity index (χ1) is 14.6. The second-order valence-electron chi connectivity index (χ2n) is 7.40. The van der Waals surface area contributed by atoms with E-state index < -0.39 is 10.0 Å². The molecule has 1 N–H and O–H groups in total. The van der Waals surface area contributed by atoms with Crippen molar-refractivity contribution in [1.82, 2.24) is 9.71 Å². The highest BCUT2D eigenvalue weighted by Gasteiger charge is 2.21. The zero-order valence-electron chi connectivity index (χ0n) is 17.1. The van der Waals surface area contributed by atoms with Crippen molar-refractivity contribution in [2.45, 2.75) is 43.9 Å². The number of nitrogens with one attached hydrogen (secondary N) is 1. The summed E-state index contributed by atoms with van der Waals surface area (Å²) in [7, 11) is -3.74. The molecule has 3 aromatic rings. The molecule has 2 aromatic carbocycles. The highest BCUT2D eigenvalue weighted by atomic mass is 32.2. The van der Waals surface area contributed by atoms with Crippen LogP contribution >= 0.6 is 0 Å². The van der Waals surface area contributed by atoms with Crippen molar-refractivity contribution < 1.29 is 13.2 Å². The normalized spacial score (nSPS) is 13.6. The van der Waals surface area contributed by atoms with Gasteiger partial charge in [0.15, 0.2) is 6.73 Å². The lowest BCUT2D eigenvalue weighted by Gasteiger charge is -2.20. The van der Waals surface area contributed by atoms with Gasteiger partial charge < -0.3 is 4.74 Å². The van der Waals surface area contributed by atoms with E-state index in [-0.39, 0.29) is 11.6 Å². The van der Waals surface area contributed by atoms with Gasteiger partial charge in [0.2, 0.25) is 10.0 Å². The van der Waals surface area contributed by atoms with Gasteiger partial charge in [0.25, 0.3) is 0 Å². The van der Waals surface area contributed by atoms with E-state index in [9.17, 15) is 8.42 Å². The van der Waals surface area contributed by atoms with Gasteiger partial charge in [-0.1, -0.05) is 55.5 Å². The van der Waals surface area contributed by atoms with Crippen LogP contribution in [0.5, 0.6) is 5.75 Å². The van der Waals surface area contributed by atoms with E-state index in [1.165, 1.54) is 0 Å². The molecule has 0 aliphatic heterocycles. The zero-order valence-corrected chi connectivity index (χ0v) is 17.9. The van der Waals surface area contributed by atoms with Crippen LogP contribution in [0.4, 0.5) is 0 Å². The lowest BCUT2D eigenvalue weighted by Crippen LogP contribution is -2.29. The topological polar surface area (TPSA) is 68.3 Å². The molecule has 1 aliphatic carbocycles. The summed E-state index contributed by atoms with van der Waals surface area (Å²) in [6, 6.07) is 18.5. The summed E-state index contributed by atoms with van der Waals surface area (Å²) in [6.07, 6.45) is 4.93. The van der Waals surface area contributed by atoms with Crippen molar-refractivity contribution in [1.29, 1.82) is 0 Å². The molecule has 1 heterocycles. The number of hydrogen-bond donors (Lipinski definition) is 1. The molecule has 0 radical (unpaired) electrons. The number of pyridine rings is 1. The molecule has 0 amide bonds. The van der Waals surface area contributed by atoms with Gasteiger partial charge in [-0.3, -0.25) is 4.98 Å². The summed E-state index contributed by atoms with van der Waals surface area (Å²) in [5, 5.41) is 0. The summed E-state index contributed by atoms with van der Waals surface area (Å²) in [4.78, 5) is 4.96. The van der Waals surface area contributed by atoms with Crippen molar-refractivity contribution >= 4 is 10.0 Å². The second-order valence-corrected chi connectivity index (χ2v) is 9.13. The Morgan fingerprint density at radius 2 is 1.73 bits per heavy atom. The monoisotopic (exact) mass is 422 g/mol. The maximum atomic E-state index is 13.0. The van der Waals surface area contributed by atoms with E-state index in [1.54, 1.807) is 12.1 Å². The number of ether oxygens (including phenoxy) is 1. The van der Waals surface area contributed by atoms with E-state index >= 15 is 0 Å². The summed E-state index contributed by atoms with van der Waals surface area (Å²) in [5.74, 6) is 0.746. The predicted octanol–water partition coefficient (Wildman–Crippen LogP) is 4.50. The maximum Gasteiger partial charge on any atom is 0.243 e. The van der Waals surface area contributed by atoms with E-state index in [4.69, 9.17) is 9.72 Å². The smallest absolute Gasteiger partial charge is 0.243 e. The van der Waals surface area contributed by atoms with Gasteiger partial charge in [0.05, 0.1) is 4.90 Å². The minimum absolute atomic E-state index is 0.120. The molecule has 5 nitrogen and oxygen atoms in total. The molecule has 0 atom stereocenters. The van der Waals surface area contributed by atoms with Gasteiger partial charge in [-0.25, -0.2) is 8.42 Å². The molecule has 4 rings (SSSR count). The average molecular weight is 423 g/mol. The van der Waals surface area contributed by atoms with Crippen LogP contribution in [0.3, 0.4) is 0 Å². The fraction of sp³-hybridized carbons (Fsp3) is 0.292. The number of nitrogens with zero attached hydrogens (tertiary/aromatic N) is 1. The number of aromatic nitrogens is 1. The molecule has 6 heteroatoms. The molecule has 0 spiro atoms.